The fraction of sp³-hybridized carbons (Fsp3) is 0.524. The Labute approximate surface area is 184 Å². The number of aliphatic imine (C=N–C) groups is 1. The van der Waals surface area contributed by atoms with Crippen molar-refractivity contribution in [2.45, 2.75) is 64.4 Å². The van der Waals surface area contributed by atoms with Crippen molar-refractivity contribution >= 4 is 29.9 Å². The van der Waals surface area contributed by atoms with Crippen molar-refractivity contribution < 1.29 is 4.74 Å². The molecule has 2 fully saturated rings. The third-order valence-corrected chi connectivity index (χ3v) is 5.46. The molecule has 4 rings (SSSR count). The van der Waals surface area contributed by atoms with Crippen LogP contribution in [0.25, 0.3) is 0 Å². The summed E-state index contributed by atoms with van der Waals surface area (Å²) in [5.74, 6) is 1.92. The first-order valence-electron chi connectivity index (χ1n) is 9.97. The number of aryl methyl sites for hydroxylation is 1. The standard InChI is InChI=1S/C21H29N5O.HI/c1-3-22-21(25-19-12-18-7-8-20(19)27-18)24-13-16-5-4-6-17(11-16)14-26-10-9-23-15(26)2;/h4-6,9-11,18-20H,3,7-8,12-14H2,1-2H3,(H2,22,24,25);1H. The van der Waals surface area contributed by atoms with Crippen molar-refractivity contribution in [3.63, 3.8) is 0 Å². The van der Waals surface area contributed by atoms with Gasteiger partial charge >= 0.3 is 0 Å². The van der Waals surface area contributed by atoms with Crippen LogP contribution in [0.3, 0.4) is 0 Å². The number of guanidine groups is 1. The summed E-state index contributed by atoms with van der Waals surface area (Å²) in [5, 5.41) is 6.95. The lowest BCUT2D eigenvalue weighted by atomic mass is 9.96. The number of hydrogen-bond donors (Lipinski definition) is 2. The molecule has 3 heterocycles. The lowest BCUT2D eigenvalue weighted by Gasteiger charge is -2.22. The lowest BCUT2D eigenvalue weighted by Crippen LogP contribution is -2.47. The van der Waals surface area contributed by atoms with Gasteiger partial charge in [-0.15, -0.1) is 24.0 Å². The Morgan fingerprint density at radius 1 is 1.32 bits per heavy atom. The molecule has 0 saturated carbocycles. The maximum atomic E-state index is 5.95. The van der Waals surface area contributed by atoms with Crippen LogP contribution >= 0.6 is 24.0 Å². The van der Waals surface area contributed by atoms with Gasteiger partial charge in [0.05, 0.1) is 24.8 Å². The highest BCUT2D eigenvalue weighted by Gasteiger charge is 2.41. The molecule has 1 aromatic heterocycles. The molecule has 3 unspecified atom stereocenters. The molecule has 3 atom stereocenters. The summed E-state index contributed by atoms with van der Waals surface area (Å²) in [4.78, 5) is 9.10. The maximum absolute atomic E-state index is 5.95. The average Bonchev–Trinajstić information content (AvgIpc) is 3.38. The number of nitrogens with zero attached hydrogens (tertiary/aromatic N) is 3. The van der Waals surface area contributed by atoms with Crippen molar-refractivity contribution in [3.05, 3.63) is 53.6 Å². The third-order valence-electron chi connectivity index (χ3n) is 5.46. The first-order valence-corrected chi connectivity index (χ1v) is 9.97. The fourth-order valence-electron chi connectivity index (χ4n) is 4.05. The second-order valence-corrected chi connectivity index (χ2v) is 7.48. The molecule has 7 heteroatoms. The van der Waals surface area contributed by atoms with E-state index in [0.717, 1.165) is 37.7 Å². The monoisotopic (exact) mass is 495 g/mol. The first-order chi connectivity index (χ1) is 13.2. The predicted molar refractivity (Wildman–Crippen MR) is 122 cm³/mol. The summed E-state index contributed by atoms with van der Waals surface area (Å²) in [6.07, 6.45) is 8.12. The second kappa shape index (κ2) is 9.73. The molecule has 2 aliphatic heterocycles. The molecule has 2 aliphatic rings. The van der Waals surface area contributed by atoms with Gasteiger partial charge in [-0.1, -0.05) is 24.3 Å². The maximum Gasteiger partial charge on any atom is 0.191 e. The Bertz CT molecular complexity index is 806. The lowest BCUT2D eigenvalue weighted by molar-refractivity contribution is 0.0992. The summed E-state index contributed by atoms with van der Waals surface area (Å²) >= 11 is 0. The van der Waals surface area contributed by atoms with Crippen molar-refractivity contribution in [1.29, 1.82) is 0 Å². The topological polar surface area (TPSA) is 63.5 Å². The molecule has 2 aromatic rings. The van der Waals surface area contributed by atoms with Crippen molar-refractivity contribution in [1.82, 2.24) is 20.2 Å². The van der Waals surface area contributed by atoms with E-state index in [-0.39, 0.29) is 24.0 Å². The average molecular weight is 495 g/mol. The van der Waals surface area contributed by atoms with E-state index < -0.39 is 0 Å². The van der Waals surface area contributed by atoms with E-state index >= 15 is 0 Å². The Kier molecular flexibility index (Phi) is 7.34. The van der Waals surface area contributed by atoms with Crippen LogP contribution in [0, 0.1) is 6.92 Å². The van der Waals surface area contributed by atoms with E-state index in [2.05, 4.69) is 51.4 Å². The van der Waals surface area contributed by atoms with Crippen LogP contribution < -0.4 is 10.6 Å². The number of hydrogen-bond acceptors (Lipinski definition) is 3. The first kappa shape index (κ1) is 21.1. The zero-order valence-corrected chi connectivity index (χ0v) is 18.9. The molecule has 1 aromatic carbocycles. The Balaban J connectivity index is 0.00000225. The number of ether oxygens (including phenoxy) is 1. The number of imidazole rings is 1. The van der Waals surface area contributed by atoms with Crippen molar-refractivity contribution in [3.8, 4) is 0 Å². The molecule has 28 heavy (non-hydrogen) atoms. The predicted octanol–water partition coefficient (Wildman–Crippen LogP) is 3.23. The minimum absolute atomic E-state index is 0. The van der Waals surface area contributed by atoms with Gasteiger partial charge in [0.25, 0.3) is 0 Å². The summed E-state index contributed by atoms with van der Waals surface area (Å²) in [7, 11) is 0. The molecule has 152 valence electrons. The van der Waals surface area contributed by atoms with Crippen LogP contribution in [-0.2, 0) is 17.8 Å². The molecule has 2 saturated heterocycles. The van der Waals surface area contributed by atoms with Crippen molar-refractivity contribution in [2.24, 2.45) is 4.99 Å². The highest BCUT2D eigenvalue weighted by Crippen LogP contribution is 2.34. The van der Waals surface area contributed by atoms with E-state index in [1.165, 1.54) is 17.5 Å². The minimum Gasteiger partial charge on any atom is -0.373 e. The Morgan fingerprint density at radius 2 is 2.18 bits per heavy atom. The molecule has 0 radical (unpaired) electrons. The molecule has 6 nitrogen and oxygen atoms in total. The molecule has 0 aliphatic carbocycles. The Hall–Kier alpha value is -1.61. The van der Waals surface area contributed by atoms with Crippen LogP contribution in [0.5, 0.6) is 0 Å². The largest absolute Gasteiger partial charge is 0.373 e. The summed E-state index contributed by atoms with van der Waals surface area (Å²) in [6.45, 7) is 6.48. The number of benzene rings is 1. The molecule has 0 amide bonds. The molecular formula is C21H30IN5O. The van der Waals surface area contributed by atoms with Crippen LogP contribution in [0.1, 0.15) is 43.1 Å². The van der Waals surface area contributed by atoms with Gasteiger partial charge in [0, 0.05) is 25.5 Å². The minimum atomic E-state index is 0. The SMILES string of the molecule is CCNC(=NCc1cccc(Cn2ccnc2C)c1)NC1CC2CCC1O2.I. The zero-order chi connectivity index (χ0) is 18.6. The van der Waals surface area contributed by atoms with Crippen LogP contribution in [0.2, 0.25) is 0 Å². The van der Waals surface area contributed by atoms with Gasteiger partial charge in [0.1, 0.15) is 5.82 Å². The molecular weight excluding hydrogens is 465 g/mol. The third kappa shape index (κ3) is 5.05. The van der Waals surface area contributed by atoms with E-state index in [4.69, 9.17) is 9.73 Å². The number of aromatic nitrogens is 2. The van der Waals surface area contributed by atoms with Gasteiger partial charge in [0.2, 0.25) is 0 Å². The van der Waals surface area contributed by atoms with E-state index in [9.17, 15) is 0 Å². The Morgan fingerprint density at radius 3 is 2.86 bits per heavy atom. The summed E-state index contributed by atoms with van der Waals surface area (Å²) < 4.78 is 8.11. The number of rotatable bonds is 6. The van der Waals surface area contributed by atoms with Crippen LogP contribution in [0.4, 0.5) is 0 Å². The van der Waals surface area contributed by atoms with Gasteiger partial charge in [-0.3, -0.25) is 0 Å². The van der Waals surface area contributed by atoms with Gasteiger partial charge in [-0.05, 0) is 44.2 Å². The number of halogens is 1. The van der Waals surface area contributed by atoms with Gasteiger partial charge in [-0.25, -0.2) is 9.98 Å². The highest BCUT2D eigenvalue weighted by atomic mass is 127. The molecule has 0 spiro atoms. The summed E-state index contributed by atoms with van der Waals surface area (Å²) in [6, 6.07) is 9.02. The van der Waals surface area contributed by atoms with Gasteiger partial charge in [0.15, 0.2) is 5.96 Å². The van der Waals surface area contributed by atoms with Crippen LogP contribution in [0.15, 0.2) is 41.7 Å². The van der Waals surface area contributed by atoms with E-state index in [0.29, 0.717) is 24.8 Å². The zero-order valence-electron chi connectivity index (χ0n) is 16.6. The normalized spacial score (nSPS) is 23.5. The summed E-state index contributed by atoms with van der Waals surface area (Å²) in [5.41, 5.74) is 2.48. The second-order valence-electron chi connectivity index (χ2n) is 7.48. The fourth-order valence-corrected chi connectivity index (χ4v) is 4.05. The highest BCUT2D eigenvalue weighted by molar-refractivity contribution is 14.0. The van der Waals surface area contributed by atoms with E-state index in [1.807, 2.05) is 19.3 Å². The number of nitrogens with one attached hydrogen (secondary N) is 2. The van der Waals surface area contributed by atoms with E-state index in [1.54, 1.807) is 0 Å². The van der Waals surface area contributed by atoms with Gasteiger partial charge < -0.3 is 19.9 Å². The number of fused-ring (bicyclic) bond motifs is 2. The quantitative estimate of drug-likeness (QED) is 0.367. The van der Waals surface area contributed by atoms with Crippen molar-refractivity contribution in [2.75, 3.05) is 6.54 Å². The smallest absolute Gasteiger partial charge is 0.191 e. The van der Waals surface area contributed by atoms with Gasteiger partial charge in [-0.2, -0.15) is 0 Å². The molecule has 2 bridgehead atoms. The molecule has 2 N–H and O–H groups in total. The van der Waals surface area contributed by atoms with Crippen LogP contribution in [-0.4, -0.2) is 40.3 Å².